The Bertz CT molecular complexity index is 534. The summed E-state index contributed by atoms with van der Waals surface area (Å²) in [5.74, 6) is 0.0784. The van der Waals surface area contributed by atoms with Crippen molar-refractivity contribution in [2.75, 3.05) is 0 Å². The van der Waals surface area contributed by atoms with Crippen molar-refractivity contribution in [1.29, 1.82) is 0 Å². The zero-order valence-corrected chi connectivity index (χ0v) is 10.8. The fourth-order valence-corrected chi connectivity index (χ4v) is 2.15. The van der Waals surface area contributed by atoms with Crippen LogP contribution in [0.5, 0.6) is 0 Å². The lowest BCUT2D eigenvalue weighted by Gasteiger charge is -2.14. The molecule has 0 saturated heterocycles. The Balaban J connectivity index is 2.32. The van der Waals surface area contributed by atoms with Crippen molar-refractivity contribution in [2.24, 2.45) is 0 Å². The van der Waals surface area contributed by atoms with E-state index in [0.29, 0.717) is 5.56 Å². The summed E-state index contributed by atoms with van der Waals surface area (Å²) in [7, 11) is 0. The molecule has 2 nitrogen and oxygen atoms in total. The molecule has 2 heteroatoms. The normalized spacial score (nSPS) is 12.1. The molecule has 1 aromatic carbocycles. The van der Waals surface area contributed by atoms with Crippen LogP contribution in [0.25, 0.3) is 0 Å². The molecule has 0 spiro atoms. The third-order valence-electron chi connectivity index (χ3n) is 3.09. The number of carbonyl (C=O) groups excluding carboxylic acids is 1. The van der Waals surface area contributed by atoms with Crippen LogP contribution in [-0.4, -0.2) is 10.8 Å². The van der Waals surface area contributed by atoms with Crippen molar-refractivity contribution in [3.63, 3.8) is 0 Å². The predicted octanol–water partition coefficient (Wildman–Crippen LogP) is 3.77. The smallest absolute Gasteiger partial charge is 0.171 e. The van der Waals surface area contributed by atoms with E-state index in [1.54, 1.807) is 12.4 Å². The van der Waals surface area contributed by atoms with Crippen LogP contribution in [0, 0.1) is 6.92 Å². The first-order chi connectivity index (χ1) is 8.72. The van der Waals surface area contributed by atoms with Crippen molar-refractivity contribution < 1.29 is 4.79 Å². The summed E-state index contributed by atoms with van der Waals surface area (Å²) in [5, 5.41) is 0. The van der Waals surface area contributed by atoms with Gasteiger partial charge in [-0.3, -0.25) is 9.78 Å². The Kier molecular flexibility index (Phi) is 3.88. The second kappa shape index (κ2) is 5.58. The number of nitrogens with zero attached hydrogens (tertiary/aromatic N) is 1. The first-order valence-corrected chi connectivity index (χ1v) is 6.23. The molecule has 2 rings (SSSR count). The van der Waals surface area contributed by atoms with Gasteiger partial charge in [-0.05, 0) is 30.5 Å². The molecule has 0 aliphatic heterocycles. The minimum Gasteiger partial charge on any atom is -0.293 e. The molecule has 1 atom stereocenters. The van der Waals surface area contributed by atoms with Gasteiger partial charge < -0.3 is 0 Å². The molecule has 2 aromatic rings. The molecule has 0 bridgehead atoms. The predicted molar refractivity (Wildman–Crippen MR) is 72.8 cm³/mol. The van der Waals surface area contributed by atoms with Crippen molar-refractivity contribution in [2.45, 2.75) is 26.2 Å². The molecule has 0 N–H and O–H groups in total. The first kappa shape index (κ1) is 12.5. The summed E-state index contributed by atoms with van der Waals surface area (Å²) in [6.45, 7) is 3.99. The van der Waals surface area contributed by atoms with E-state index >= 15 is 0 Å². The molecule has 1 heterocycles. The zero-order chi connectivity index (χ0) is 13.0. The van der Waals surface area contributed by atoms with Gasteiger partial charge in [0.25, 0.3) is 0 Å². The highest BCUT2D eigenvalue weighted by Gasteiger charge is 2.20. The summed E-state index contributed by atoms with van der Waals surface area (Å²) in [6, 6.07) is 11.8. The van der Waals surface area contributed by atoms with Gasteiger partial charge in [0.15, 0.2) is 5.78 Å². The van der Waals surface area contributed by atoms with Gasteiger partial charge >= 0.3 is 0 Å². The van der Waals surface area contributed by atoms with Crippen molar-refractivity contribution >= 4 is 5.78 Å². The Morgan fingerprint density at radius 1 is 1.22 bits per heavy atom. The highest BCUT2D eigenvalue weighted by Crippen LogP contribution is 2.24. The van der Waals surface area contributed by atoms with Crippen LogP contribution in [0.15, 0.2) is 48.8 Å². The van der Waals surface area contributed by atoms with E-state index in [1.165, 1.54) is 0 Å². The second-order valence-corrected chi connectivity index (χ2v) is 4.49. The molecule has 0 fully saturated rings. The summed E-state index contributed by atoms with van der Waals surface area (Å²) < 4.78 is 0. The highest BCUT2D eigenvalue weighted by atomic mass is 16.1. The van der Waals surface area contributed by atoms with Gasteiger partial charge in [0.2, 0.25) is 0 Å². The topological polar surface area (TPSA) is 30.0 Å². The van der Waals surface area contributed by atoms with E-state index in [2.05, 4.69) is 4.98 Å². The maximum atomic E-state index is 12.5. The fourth-order valence-electron chi connectivity index (χ4n) is 2.15. The number of hydrogen-bond acceptors (Lipinski definition) is 2. The van der Waals surface area contributed by atoms with Gasteiger partial charge in [-0.25, -0.2) is 0 Å². The number of carbonyl (C=O) groups is 1. The third kappa shape index (κ3) is 2.65. The second-order valence-electron chi connectivity index (χ2n) is 4.49. The van der Waals surface area contributed by atoms with Crippen LogP contribution in [0.3, 0.4) is 0 Å². The summed E-state index contributed by atoms with van der Waals surface area (Å²) in [6.07, 6.45) is 4.22. The number of aryl methyl sites for hydroxylation is 1. The number of Topliss-reactive ketones (excluding diaryl/α,β-unsaturated/α-hetero) is 1. The third-order valence-corrected chi connectivity index (χ3v) is 3.09. The number of rotatable bonds is 4. The molecule has 1 aromatic heterocycles. The standard InChI is InChI=1S/C16H17NO/c1-3-15(13-7-5-4-6-8-13)16(18)14-9-12(2)10-17-11-14/h4-11,15H,3H2,1-2H3. The fraction of sp³-hybridized carbons (Fsp3) is 0.250. The lowest BCUT2D eigenvalue weighted by Crippen LogP contribution is -2.12. The molecule has 0 amide bonds. The van der Waals surface area contributed by atoms with Gasteiger partial charge in [0.05, 0.1) is 0 Å². The van der Waals surface area contributed by atoms with Crippen LogP contribution >= 0.6 is 0 Å². The van der Waals surface area contributed by atoms with Crippen molar-refractivity contribution in [3.05, 3.63) is 65.5 Å². The van der Waals surface area contributed by atoms with Gasteiger partial charge in [-0.15, -0.1) is 0 Å². The average molecular weight is 239 g/mol. The van der Waals surface area contributed by atoms with E-state index < -0.39 is 0 Å². The molecule has 0 aliphatic carbocycles. The molecule has 0 aliphatic rings. The minimum atomic E-state index is -0.0743. The number of aromatic nitrogens is 1. The van der Waals surface area contributed by atoms with Crippen LogP contribution in [0.4, 0.5) is 0 Å². The number of pyridine rings is 1. The van der Waals surface area contributed by atoms with Gasteiger partial charge in [-0.1, -0.05) is 37.3 Å². The lowest BCUT2D eigenvalue weighted by atomic mass is 9.89. The number of benzene rings is 1. The van der Waals surface area contributed by atoms with Crippen LogP contribution in [0.1, 0.15) is 40.7 Å². The molecule has 0 saturated carbocycles. The van der Waals surface area contributed by atoms with Crippen molar-refractivity contribution in [3.8, 4) is 0 Å². The SMILES string of the molecule is CCC(C(=O)c1cncc(C)c1)c1ccccc1. The Hall–Kier alpha value is -1.96. The number of hydrogen-bond donors (Lipinski definition) is 0. The highest BCUT2D eigenvalue weighted by molar-refractivity contribution is 6.00. The summed E-state index contributed by atoms with van der Waals surface area (Å²) in [5.41, 5.74) is 2.79. The lowest BCUT2D eigenvalue weighted by molar-refractivity contribution is 0.0957. The Labute approximate surface area is 108 Å². The maximum absolute atomic E-state index is 12.5. The number of ketones is 1. The van der Waals surface area contributed by atoms with Gasteiger partial charge in [0, 0.05) is 23.9 Å². The van der Waals surface area contributed by atoms with Crippen molar-refractivity contribution in [1.82, 2.24) is 4.98 Å². The molecule has 0 radical (unpaired) electrons. The zero-order valence-electron chi connectivity index (χ0n) is 10.8. The van der Waals surface area contributed by atoms with Gasteiger partial charge in [0.1, 0.15) is 0 Å². The summed E-state index contributed by atoms with van der Waals surface area (Å²) >= 11 is 0. The quantitative estimate of drug-likeness (QED) is 0.760. The monoisotopic (exact) mass is 239 g/mol. The molecule has 18 heavy (non-hydrogen) atoms. The maximum Gasteiger partial charge on any atom is 0.171 e. The molecule has 1 unspecified atom stereocenters. The van der Waals surface area contributed by atoms with E-state index in [9.17, 15) is 4.79 Å². The first-order valence-electron chi connectivity index (χ1n) is 6.23. The van der Waals surface area contributed by atoms with E-state index in [0.717, 1.165) is 17.5 Å². The molecular formula is C16H17NO. The summed E-state index contributed by atoms with van der Waals surface area (Å²) in [4.78, 5) is 16.6. The Morgan fingerprint density at radius 3 is 2.56 bits per heavy atom. The molecule has 92 valence electrons. The average Bonchev–Trinajstić information content (AvgIpc) is 2.41. The van der Waals surface area contributed by atoms with Crippen LogP contribution in [0.2, 0.25) is 0 Å². The van der Waals surface area contributed by atoms with E-state index in [1.807, 2.05) is 50.2 Å². The van der Waals surface area contributed by atoms with Crippen LogP contribution < -0.4 is 0 Å². The van der Waals surface area contributed by atoms with Crippen LogP contribution in [-0.2, 0) is 0 Å². The van der Waals surface area contributed by atoms with E-state index in [4.69, 9.17) is 0 Å². The minimum absolute atomic E-state index is 0.0743. The van der Waals surface area contributed by atoms with Gasteiger partial charge in [-0.2, -0.15) is 0 Å². The largest absolute Gasteiger partial charge is 0.293 e. The van der Waals surface area contributed by atoms with E-state index in [-0.39, 0.29) is 11.7 Å². The molecular weight excluding hydrogens is 222 g/mol. The Morgan fingerprint density at radius 2 is 1.94 bits per heavy atom.